The summed E-state index contributed by atoms with van der Waals surface area (Å²) in [5.74, 6) is 0.537. The molecule has 1 atom stereocenters. The van der Waals surface area contributed by atoms with E-state index in [0.29, 0.717) is 5.92 Å². The van der Waals surface area contributed by atoms with Gasteiger partial charge in [-0.25, -0.2) is 0 Å². The summed E-state index contributed by atoms with van der Waals surface area (Å²) in [5, 5.41) is 0. The number of hydrogen-bond donors (Lipinski definition) is 0. The number of rotatable bonds is 5. The van der Waals surface area contributed by atoms with Crippen molar-refractivity contribution in [3.05, 3.63) is 45.7 Å². The normalized spacial score (nSPS) is 13.9. The van der Waals surface area contributed by atoms with E-state index >= 15 is 0 Å². The molecular weight excluding hydrogens is 212 g/mol. The Hall–Kier alpha value is -0.820. The second-order valence-corrected chi connectivity index (χ2v) is 5.96. The van der Waals surface area contributed by atoms with Crippen molar-refractivity contribution < 1.29 is 0 Å². The Morgan fingerprint density at radius 1 is 1.50 bits per heavy atom. The van der Waals surface area contributed by atoms with Gasteiger partial charge in [-0.05, 0) is 45.2 Å². The molecule has 1 rings (SSSR count). The van der Waals surface area contributed by atoms with Crippen molar-refractivity contribution >= 4 is 11.3 Å². The van der Waals surface area contributed by atoms with Crippen LogP contribution in [0.5, 0.6) is 0 Å². The van der Waals surface area contributed by atoms with Crippen LogP contribution in [0.1, 0.15) is 47.9 Å². The van der Waals surface area contributed by atoms with Crippen molar-refractivity contribution in [3.8, 4) is 0 Å². The summed E-state index contributed by atoms with van der Waals surface area (Å²) in [4.78, 5) is 2.87. The predicted molar refractivity (Wildman–Crippen MR) is 75.4 cm³/mol. The zero-order valence-electron chi connectivity index (χ0n) is 10.8. The molecule has 0 aliphatic carbocycles. The van der Waals surface area contributed by atoms with Gasteiger partial charge in [-0.15, -0.1) is 17.9 Å². The number of aryl methyl sites for hydroxylation is 2. The maximum absolute atomic E-state index is 3.76. The molecule has 0 amide bonds. The van der Waals surface area contributed by atoms with Crippen molar-refractivity contribution in [1.82, 2.24) is 0 Å². The molecule has 0 fully saturated rings. The summed E-state index contributed by atoms with van der Waals surface area (Å²) < 4.78 is 0. The molecule has 1 heteroatoms. The summed E-state index contributed by atoms with van der Waals surface area (Å²) in [5.41, 5.74) is 2.95. The highest BCUT2D eigenvalue weighted by Crippen LogP contribution is 2.29. The lowest BCUT2D eigenvalue weighted by Gasteiger charge is -2.08. The van der Waals surface area contributed by atoms with Gasteiger partial charge in [-0.3, -0.25) is 0 Å². The molecule has 1 aromatic rings. The van der Waals surface area contributed by atoms with Gasteiger partial charge in [0.25, 0.3) is 0 Å². The van der Waals surface area contributed by atoms with Crippen LogP contribution in [0.15, 0.2) is 30.4 Å². The van der Waals surface area contributed by atoms with E-state index in [1.807, 2.05) is 17.4 Å². The molecule has 1 heterocycles. The van der Waals surface area contributed by atoms with Crippen molar-refractivity contribution in [2.45, 2.75) is 46.5 Å². The van der Waals surface area contributed by atoms with Gasteiger partial charge in [0.1, 0.15) is 0 Å². The molecule has 0 aromatic carbocycles. The van der Waals surface area contributed by atoms with Crippen molar-refractivity contribution in [2.75, 3.05) is 0 Å². The second-order valence-electron chi connectivity index (χ2n) is 4.50. The first-order valence-corrected chi connectivity index (χ1v) is 6.71. The van der Waals surface area contributed by atoms with Crippen LogP contribution < -0.4 is 0 Å². The molecule has 1 aromatic heterocycles. The summed E-state index contributed by atoms with van der Waals surface area (Å²) >= 11 is 1.90. The van der Waals surface area contributed by atoms with Crippen LogP contribution in [0.2, 0.25) is 0 Å². The number of thiophene rings is 1. The van der Waals surface area contributed by atoms with Gasteiger partial charge in [-0.2, -0.15) is 0 Å². The van der Waals surface area contributed by atoms with Crippen molar-refractivity contribution in [1.29, 1.82) is 0 Å². The maximum atomic E-state index is 3.76. The fourth-order valence-corrected chi connectivity index (χ4v) is 3.06. The van der Waals surface area contributed by atoms with E-state index in [1.165, 1.54) is 20.9 Å². The van der Waals surface area contributed by atoms with E-state index < -0.39 is 0 Å². The van der Waals surface area contributed by atoms with E-state index in [4.69, 9.17) is 0 Å². The molecule has 0 spiro atoms. The molecule has 0 radical (unpaired) electrons. The smallest absolute Gasteiger partial charge is 0.00549 e. The second kappa shape index (κ2) is 6.05. The minimum atomic E-state index is 0.537. The monoisotopic (exact) mass is 234 g/mol. The fourth-order valence-electron chi connectivity index (χ4n) is 2.03. The largest absolute Gasteiger partial charge is 0.146 e. The first kappa shape index (κ1) is 13.2. The molecule has 88 valence electrons. The van der Waals surface area contributed by atoms with E-state index in [2.05, 4.69) is 46.4 Å². The van der Waals surface area contributed by atoms with Crippen LogP contribution in [-0.2, 0) is 0 Å². The van der Waals surface area contributed by atoms with Crippen LogP contribution in [0.3, 0.4) is 0 Å². The zero-order valence-corrected chi connectivity index (χ0v) is 11.7. The molecule has 0 aliphatic rings. The van der Waals surface area contributed by atoms with Gasteiger partial charge in [0.15, 0.2) is 0 Å². The van der Waals surface area contributed by atoms with E-state index in [0.717, 1.165) is 12.8 Å². The first-order valence-electron chi connectivity index (χ1n) is 5.89. The lowest BCUT2D eigenvalue weighted by Crippen LogP contribution is -1.90. The Morgan fingerprint density at radius 3 is 2.69 bits per heavy atom. The van der Waals surface area contributed by atoms with Crippen molar-refractivity contribution in [3.63, 3.8) is 0 Å². The molecule has 16 heavy (non-hydrogen) atoms. The Morgan fingerprint density at radius 2 is 2.19 bits per heavy atom. The third-order valence-corrected chi connectivity index (χ3v) is 3.83. The Bertz CT molecular complexity index is 382. The van der Waals surface area contributed by atoms with Crippen molar-refractivity contribution in [2.24, 2.45) is 0 Å². The summed E-state index contributed by atoms with van der Waals surface area (Å²) in [6.45, 7) is 12.7. The summed E-state index contributed by atoms with van der Waals surface area (Å²) in [7, 11) is 0. The molecular formula is C15H22S. The average Bonchev–Trinajstić information content (AvgIpc) is 2.54. The van der Waals surface area contributed by atoms with Gasteiger partial charge in [0.05, 0.1) is 0 Å². The van der Waals surface area contributed by atoms with Gasteiger partial charge in [0, 0.05) is 15.7 Å². The Kier molecular flexibility index (Phi) is 5.01. The number of allylic oxidation sites excluding steroid dienone is 3. The van der Waals surface area contributed by atoms with Gasteiger partial charge >= 0.3 is 0 Å². The Labute approximate surface area is 104 Å². The highest BCUT2D eigenvalue weighted by atomic mass is 32.1. The highest BCUT2D eigenvalue weighted by molar-refractivity contribution is 7.12. The van der Waals surface area contributed by atoms with Crippen LogP contribution in [0.4, 0.5) is 0 Å². The molecule has 0 bridgehead atoms. The summed E-state index contributed by atoms with van der Waals surface area (Å²) in [6, 6.07) is 2.32. The SMILES string of the molecule is C=CCCC(C)=CC(C)c1cc(C)sc1C. The van der Waals surface area contributed by atoms with Gasteiger partial charge in [-0.1, -0.05) is 24.6 Å². The standard InChI is InChI=1S/C15H22S/c1-6-7-8-11(2)9-12(3)15-10-13(4)16-14(15)5/h6,9-10,12H,1,7-8H2,2-5H3. The lowest BCUT2D eigenvalue weighted by molar-refractivity contribution is 0.904. The summed E-state index contributed by atoms with van der Waals surface area (Å²) in [6.07, 6.45) is 6.59. The van der Waals surface area contributed by atoms with Crippen LogP contribution in [-0.4, -0.2) is 0 Å². The molecule has 0 saturated carbocycles. The van der Waals surface area contributed by atoms with Crippen LogP contribution >= 0.6 is 11.3 Å². The minimum Gasteiger partial charge on any atom is -0.146 e. The predicted octanol–water partition coefficient (Wildman–Crippen LogP) is 5.38. The van der Waals surface area contributed by atoms with Gasteiger partial charge in [0.2, 0.25) is 0 Å². The third kappa shape index (κ3) is 3.64. The van der Waals surface area contributed by atoms with Crippen LogP contribution in [0, 0.1) is 13.8 Å². The number of hydrogen-bond acceptors (Lipinski definition) is 1. The van der Waals surface area contributed by atoms with E-state index in [1.54, 1.807) is 0 Å². The Balaban J connectivity index is 2.74. The topological polar surface area (TPSA) is 0 Å². The molecule has 0 aliphatic heterocycles. The first-order chi connectivity index (χ1) is 7.54. The highest BCUT2D eigenvalue weighted by Gasteiger charge is 2.08. The minimum absolute atomic E-state index is 0.537. The molecule has 0 nitrogen and oxygen atoms in total. The fraction of sp³-hybridized carbons (Fsp3) is 0.467. The van der Waals surface area contributed by atoms with E-state index in [-0.39, 0.29) is 0 Å². The van der Waals surface area contributed by atoms with Crippen LogP contribution in [0.25, 0.3) is 0 Å². The molecule has 0 saturated heterocycles. The third-order valence-electron chi connectivity index (χ3n) is 2.85. The molecule has 1 unspecified atom stereocenters. The average molecular weight is 234 g/mol. The maximum Gasteiger partial charge on any atom is 0.00549 e. The zero-order chi connectivity index (χ0) is 12.1. The lowest BCUT2D eigenvalue weighted by atomic mass is 9.98. The molecule has 0 N–H and O–H groups in total. The van der Waals surface area contributed by atoms with E-state index in [9.17, 15) is 0 Å². The quantitative estimate of drug-likeness (QED) is 0.600. The van der Waals surface area contributed by atoms with Gasteiger partial charge < -0.3 is 0 Å².